The van der Waals surface area contributed by atoms with E-state index in [0.717, 1.165) is 48.7 Å². The fourth-order valence-corrected chi connectivity index (χ4v) is 3.31. The number of hydrogen-bond donors (Lipinski definition) is 0. The van der Waals surface area contributed by atoms with Crippen molar-refractivity contribution in [1.29, 1.82) is 0 Å². The van der Waals surface area contributed by atoms with Crippen LogP contribution in [-0.4, -0.2) is 39.6 Å². The van der Waals surface area contributed by atoms with Gasteiger partial charge in [0.2, 0.25) is 5.88 Å². The summed E-state index contributed by atoms with van der Waals surface area (Å²) in [7, 11) is 0. The molecule has 3 aromatic rings. The van der Waals surface area contributed by atoms with Crippen LogP contribution in [0, 0.1) is 5.92 Å². The van der Waals surface area contributed by atoms with Crippen molar-refractivity contribution < 1.29 is 17.9 Å². The number of aromatic nitrogens is 4. The highest BCUT2D eigenvalue weighted by atomic mass is 19.4. The Morgan fingerprint density at radius 1 is 1.11 bits per heavy atom. The van der Waals surface area contributed by atoms with E-state index in [2.05, 4.69) is 24.8 Å². The van der Waals surface area contributed by atoms with Crippen molar-refractivity contribution in [1.82, 2.24) is 19.9 Å². The first-order chi connectivity index (χ1) is 13.5. The van der Waals surface area contributed by atoms with E-state index in [4.69, 9.17) is 4.74 Å². The third-order valence-corrected chi connectivity index (χ3v) is 4.81. The summed E-state index contributed by atoms with van der Waals surface area (Å²) in [6, 6.07) is 5.60. The largest absolute Gasteiger partial charge is 0.477 e. The Kier molecular flexibility index (Phi) is 4.97. The minimum absolute atomic E-state index is 0.00606. The van der Waals surface area contributed by atoms with Gasteiger partial charge in [0.05, 0.1) is 18.3 Å². The number of piperidine rings is 1. The van der Waals surface area contributed by atoms with Crippen molar-refractivity contribution in [2.24, 2.45) is 5.92 Å². The first kappa shape index (κ1) is 18.4. The molecule has 0 aliphatic carbocycles. The molecule has 0 radical (unpaired) electrons. The Balaban J connectivity index is 1.36. The molecule has 0 bridgehead atoms. The molecule has 28 heavy (non-hydrogen) atoms. The molecule has 0 atom stereocenters. The Hall–Kier alpha value is -2.97. The highest BCUT2D eigenvalue weighted by Gasteiger charge is 2.32. The van der Waals surface area contributed by atoms with E-state index in [1.165, 1.54) is 18.5 Å². The summed E-state index contributed by atoms with van der Waals surface area (Å²) in [5.41, 5.74) is -0.140. The standard InChI is InChI=1S/C19H18F3N5O/c20-19(21,22)16-2-1-3-17(26-16)28-11-13-5-8-27(9-6-13)18-14-4-7-23-10-15(14)24-12-25-18/h1-4,7,10,12-13H,5-6,8-9,11H2. The van der Waals surface area contributed by atoms with Crippen molar-refractivity contribution in [2.45, 2.75) is 19.0 Å². The normalized spacial score (nSPS) is 15.8. The molecule has 0 saturated carbocycles. The molecule has 0 unspecified atom stereocenters. The maximum absolute atomic E-state index is 12.7. The van der Waals surface area contributed by atoms with Gasteiger partial charge in [0.25, 0.3) is 0 Å². The zero-order chi connectivity index (χ0) is 19.6. The molecule has 1 saturated heterocycles. The fourth-order valence-electron chi connectivity index (χ4n) is 3.31. The predicted molar refractivity (Wildman–Crippen MR) is 97.0 cm³/mol. The smallest absolute Gasteiger partial charge is 0.433 e. The van der Waals surface area contributed by atoms with Gasteiger partial charge < -0.3 is 9.64 Å². The molecule has 6 nitrogen and oxygen atoms in total. The van der Waals surface area contributed by atoms with Gasteiger partial charge in [0.15, 0.2) is 0 Å². The predicted octanol–water partition coefficient (Wildman–Crippen LogP) is 3.73. The number of halogens is 3. The van der Waals surface area contributed by atoms with Gasteiger partial charge in [0, 0.05) is 30.7 Å². The van der Waals surface area contributed by atoms with Gasteiger partial charge in [-0.05, 0) is 30.9 Å². The van der Waals surface area contributed by atoms with Gasteiger partial charge in [-0.15, -0.1) is 0 Å². The molecule has 4 rings (SSSR count). The van der Waals surface area contributed by atoms with Crippen molar-refractivity contribution >= 4 is 16.7 Å². The average molecular weight is 389 g/mol. The maximum atomic E-state index is 12.7. The lowest BCUT2D eigenvalue weighted by Crippen LogP contribution is -2.36. The highest BCUT2D eigenvalue weighted by Crippen LogP contribution is 2.30. The summed E-state index contributed by atoms with van der Waals surface area (Å²) < 4.78 is 43.7. The lowest BCUT2D eigenvalue weighted by molar-refractivity contribution is -0.141. The Bertz CT molecular complexity index is 952. The topological polar surface area (TPSA) is 64.0 Å². The monoisotopic (exact) mass is 389 g/mol. The van der Waals surface area contributed by atoms with Crippen LogP contribution in [-0.2, 0) is 6.18 Å². The van der Waals surface area contributed by atoms with Crippen LogP contribution in [0.25, 0.3) is 10.9 Å². The van der Waals surface area contributed by atoms with E-state index in [-0.39, 0.29) is 11.8 Å². The van der Waals surface area contributed by atoms with Gasteiger partial charge in [-0.2, -0.15) is 13.2 Å². The minimum atomic E-state index is -4.47. The van der Waals surface area contributed by atoms with Gasteiger partial charge in [-0.1, -0.05) is 6.07 Å². The molecule has 0 spiro atoms. The number of fused-ring (bicyclic) bond motifs is 1. The first-order valence-corrected chi connectivity index (χ1v) is 8.97. The second kappa shape index (κ2) is 7.57. The third kappa shape index (κ3) is 3.97. The van der Waals surface area contributed by atoms with Crippen LogP contribution in [0.5, 0.6) is 5.88 Å². The fraction of sp³-hybridized carbons (Fsp3) is 0.368. The van der Waals surface area contributed by atoms with Crippen molar-refractivity contribution in [3.05, 3.63) is 48.7 Å². The van der Waals surface area contributed by atoms with Crippen LogP contribution in [0.15, 0.2) is 43.0 Å². The lowest BCUT2D eigenvalue weighted by atomic mass is 9.97. The first-order valence-electron chi connectivity index (χ1n) is 8.97. The van der Waals surface area contributed by atoms with Crippen LogP contribution in [0.4, 0.5) is 19.0 Å². The van der Waals surface area contributed by atoms with E-state index >= 15 is 0 Å². The van der Waals surface area contributed by atoms with Gasteiger partial charge in [-0.25, -0.2) is 15.0 Å². The van der Waals surface area contributed by atoms with Crippen LogP contribution in [0.2, 0.25) is 0 Å². The van der Waals surface area contributed by atoms with Crippen LogP contribution >= 0.6 is 0 Å². The number of anilines is 1. The van der Waals surface area contributed by atoms with Crippen molar-refractivity contribution in [2.75, 3.05) is 24.6 Å². The molecule has 1 aliphatic rings. The number of ether oxygens (including phenoxy) is 1. The SMILES string of the molecule is FC(F)(F)c1cccc(OCC2CCN(c3ncnc4cnccc34)CC2)n1. The van der Waals surface area contributed by atoms with E-state index in [9.17, 15) is 13.2 Å². The van der Waals surface area contributed by atoms with Crippen molar-refractivity contribution in [3.63, 3.8) is 0 Å². The molecular formula is C19H18F3N5O. The average Bonchev–Trinajstić information content (AvgIpc) is 2.72. The number of rotatable bonds is 4. The summed E-state index contributed by atoms with van der Waals surface area (Å²) in [4.78, 5) is 18.5. The molecule has 146 valence electrons. The molecule has 1 aliphatic heterocycles. The Labute approximate surface area is 159 Å². The maximum Gasteiger partial charge on any atom is 0.433 e. The molecule has 1 fully saturated rings. The van der Waals surface area contributed by atoms with E-state index in [1.807, 2.05) is 6.07 Å². The summed E-state index contributed by atoms with van der Waals surface area (Å²) in [6.45, 7) is 1.92. The molecule has 3 aromatic heterocycles. The molecule has 0 aromatic carbocycles. The zero-order valence-corrected chi connectivity index (χ0v) is 14.9. The van der Waals surface area contributed by atoms with Crippen molar-refractivity contribution in [3.8, 4) is 5.88 Å². The van der Waals surface area contributed by atoms with Crippen LogP contribution in [0.1, 0.15) is 18.5 Å². The molecule has 9 heteroatoms. The lowest BCUT2D eigenvalue weighted by Gasteiger charge is -2.33. The summed E-state index contributed by atoms with van der Waals surface area (Å²) in [5.74, 6) is 1.14. The number of nitrogens with zero attached hydrogens (tertiary/aromatic N) is 5. The quantitative estimate of drug-likeness (QED) is 0.678. The minimum Gasteiger partial charge on any atom is -0.477 e. The Morgan fingerprint density at radius 3 is 2.71 bits per heavy atom. The Morgan fingerprint density at radius 2 is 1.93 bits per heavy atom. The second-order valence-electron chi connectivity index (χ2n) is 6.69. The van der Waals surface area contributed by atoms with Gasteiger partial charge >= 0.3 is 6.18 Å². The molecular weight excluding hydrogens is 371 g/mol. The molecule has 0 amide bonds. The molecule has 0 N–H and O–H groups in total. The number of hydrogen-bond acceptors (Lipinski definition) is 6. The van der Waals surface area contributed by atoms with Crippen LogP contribution in [0.3, 0.4) is 0 Å². The second-order valence-corrected chi connectivity index (χ2v) is 6.69. The highest BCUT2D eigenvalue weighted by molar-refractivity contribution is 5.88. The summed E-state index contributed by atoms with van der Waals surface area (Å²) in [6.07, 6.45) is 2.21. The van der Waals surface area contributed by atoms with E-state index in [0.29, 0.717) is 6.61 Å². The number of pyridine rings is 2. The number of alkyl halides is 3. The van der Waals surface area contributed by atoms with Crippen LogP contribution < -0.4 is 9.64 Å². The van der Waals surface area contributed by atoms with Gasteiger partial charge in [0.1, 0.15) is 17.8 Å². The molecule has 4 heterocycles. The van der Waals surface area contributed by atoms with Gasteiger partial charge in [-0.3, -0.25) is 4.98 Å². The van der Waals surface area contributed by atoms with E-state index < -0.39 is 11.9 Å². The van der Waals surface area contributed by atoms with E-state index in [1.54, 1.807) is 12.4 Å². The zero-order valence-electron chi connectivity index (χ0n) is 14.9. The third-order valence-electron chi connectivity index (χ3n) is 4.81. The summed E-state index contributed by atoms with van der Waals surface area (Å²) >= 11 is 0. The summed E-state index contributed by atoms with van der Waals surface area (Å²) in [5, 5.41) is 0.959.